The number of hydrogen-bond acceptors (Lipinski definition) is 5. The molecule has 6 nitrogen and oxygen atoms in total. The third-order valence-electron chi connectivity index (χ3n) is 5.30. The Morgan fingerprint density at radius 1 is 0.939 bits per heavy atom. The Bertz CT molecular complexity index is 1260. The number of carbonyl (C=O) groups is 1. The van der Waals surface area contributed by atoms with Crippen molar-refractivity contribution in [3.63, 3.8) is 0 Å². The predicted octanol–water partition coefficient (Wildman–Crippen LogP) is 3.53. The van der Waals surface area contributed by atoms with Crippen LogP contribution in [0.1, 0.15) is 26.9 Å². The lowest BCUT2D eigenvalue weighted by atomic mass is 10.0. The molecule has 4 rings (SSSR count). The van der Waals surface area contributed by atoms with Crippen LogP contribution in [-0.4, -0.2) is 50.5 Å². The molecule has 2 aromatic carbocycles. The first kappa shape index (κ1) is 22.9. The highest BCUT2D eigenvalue weighted by atomic mass is 32.2. The average Bonchev–Trinajstić information content (AvgIpc) is 2.82. The molecule has 0 N–H and O–H groups in total. The molecule has 33 heavy (non-hydrogen) atoms. The Morgan fingerprint density at radius 2 is 1.61 bits per heavy atom. The monoisotopic (exact) mass is 476 g/mol. The van der Waals surface area contributed by atoms with Crippen LogP contribution in [0.15, 0.2) is 65.7 Å². The van der Waals surface area contributed by atoms with Crippen molar-refractivity contribution < 1.29 is 31.1 Å². The van der Waals surface area contributed by atoms with E-state index in [1.807, 2.05) is 0 Å². The summed E-state index contributed by atoms with van der Waals surface area (Å²) in [6.45, 7) is 1.61. The average molecular weight is 476 g/mol. The Balaban J connectivity index is 1.77. The van der Waals surface area contributed by atoms with E-state index in [9.17, 15) is 26.4 Å². The van der Waals surface area contributed by atoms with Gasteiger partial charge in [-0.1, -0.05) is 6.07 Å². The van der Waals surface area contributed by atoms with Gasteiger partial charge in [-0.25, -0.2) is 21.6 Å². The maximum absolute atomic E-state index is 14.7. The van der Waals surface area contributed by atoms with Gasteiger partial charge in [0.1, 0.15) is 28.4 Å². The number of ether oxygens (including phenoxy) is 1. The Hall–Kier alpha value is -3.24. The topological polar surface area (TPSA) is 76.6 Å². The Kier molecular flexibility index (Phi) is 6.48. The lowest BCUT2D eigenvalue weighted by Gasteiger charge is -2.26. The third kappa shape index (κ3) is 4.76. The molecule has 1 aliphatic heterocycles. The predicted molar refractivity (Wildman–Crippen MR) is 113 cm³/mol. The van der Waals surface area contributed by atoms with E-state index in [4.69, 9.17) is 4.74 Å². The van der Waals surface area contributed by atoms with Gasteiger partial charge in [-0.15, -0.1) is 0 Å². The van der Waals surface area contributed by atoms with Gasteiger partial charge in [0.25, 0.3) is 5.91 Å². The van der Waals surface area contributed by atoms with Gasteiger partial charge in [-0.05, 0) is 54.1 Å². The van der Waals surface area contributed by atoms with E-state index in [0.717, 1.165) is 48.7 Å². The molecule has 0 spiro atoms. The minimum Gasteiger partial charge on any atom is -0.378 e. The second-order valence-corrected chi connectivity index (χ2v) is 9.46. The molecule has 2 heterocycles. The molecular weight excluding hydrogens is 457 g/mol. The third-order valence-corrected chi connectivity index (χ3v) is 7.38. The zero-order valence-electron chi connectivity index (χ0n) is 17.2. The van der Waals surface area contributed by atoms with Crippen molar-refractivity contribution in [2.24, 2.45) is 0 Å². The number of hydrogen-bond donors (Lipinski definition) is 0. The number of pyridine rings is 1. The summed E-state index contributed by atoms with van der Waals surface area (Å²) in [5.41, 5.74) is -0.311. The SMILES string of the molecule is O=C(c1ccc(C(c2cc(F)ccc2F)S(=O)(=O)c2ccc(F)cc2)cn1)N1CCOCC1. The summed E-state index contributed by atoms with van der Waals surface area (Å²) in [6.07, 6.45) is 1.16. The van der Waals surface area contributed by atoms with Crippen molar-refractivity contribution >= 4 is 15.7 Å². The first-order valence-electron chi connectivity index (χ1n) is 10.0. The van der Waals surface area contributed by atoms with Gasteiger partial charge in [0, 0.05) is 24.8 Å². The highest BCUT2D eigenvalue weighted by Gasteiger charge is 2.34. The molecule has 3 aromatic rings. The number of sulfone groups is 1. The molecule has 0 aliphatic carbocycles. The largest absolute Gasteiger partial charge is 0.378 e. The molecule has 1 unspecified atom stereocenters. The quantitative estimate of drug-likeness (QED) is 0.527. The number of aromatic nitrogens is 1. The van der Waals surface area contributed by atoms with E-state index in [-0.39, 0.29) is 22.1 Å². The molecule has 0 bridgehead atoms. The van der Waals surface area contributed by atoms with E-state index in [1.54, 1.807) is 4.90 Å². The second kappa shape index (κ2) is 9.32. The first-order valence-corrected chi connectivity index (χ1v) is 11.6. The van der Waals surface area contributed by atoms with Crippen LogP contribution < -0.4 is 0 Å². The Labute approximate surface area is 188 Å². The summed E-state index contributed by atoms with van der Waals surface area (Å²) in [7, 11) is -4.34. The molecule has 1 amide bonds. The summed E-state index contributed by atoms with van der Waals surface area (Å²) in [4.78, 5) is 18.0. The van der Waals surface area contributed by atoms with Crippen molar-refractivity contribution in [1.29, 1.82) is 0 Å². The number of nitrogens with zero attached hydrogens (tertiary/aromatic N) is 2. The maximum Gasteiger partial charge on any atom is 0.272 e. The molecule has 1 saturated heterocycles. The molecule has 10 heteroatoms. The fourth-order valence-corrected chi connectivity index (χ4v) is 5.42. The molecule has 1 aromatic heterocycles. The summed E-state index contributed by atoms with van der Waals surface area (Å²) in [5.74, 6) is -2.74. The van der Waals surface area contributed by atoms with Gasteiger partial charge < -0.3 is 9.64 Å². The summed E-state index contributed by atoms with van der Waals surface area (Å²) >= 11 is 0. The van der Waals surface area contributed by atoms with Crippen molar-refractivity contribution in [3.05, 3.63) is 95.1 Å². The van der Waals surface area contributed by atoms with Crippen molar-refractivity contribution in [2.75, 3.05) is 26.3 Å². The number of carbonyl (C=O) groups excluding carboxylic acids is 1. The van der Waals surface area contributed by atoms with Crippen molar-refractivity contribution in [1.82, 2.24) is 9.88 Å². The van der Waals surface area contributed by atoms with Crippen molar-refractivity contribution in [3.8, 4) is 0 Å². The molecule has 1 fully saturated rings. The fourth-order valence-electron chi connectivity index (χ4n) is 3.62. The second-order valence-electron chi connectivity index (χ2n) is 7.43. The summed E-state index contributed by atoms with van der Waals surface area (Å²) < 4.78 is 74.1. The number of morpholine rings is 1. The smallest absolute Gasteiger partial charge is 0.272 e. The van der Waals surface area contributed by atoms with Gasteiger partial charge >= 0.3 is 0 Å². The standard InChI is InChI=1S/C23H19F3N2O4S/c24-16-2-5-18(6-3-16)33(30,31)22(19-13-17(25)4-7-20(19)26)15-1-8-21(27-14-15)23(29)28-9-11-32-12-10-28/h1-8,13-14,22H,9-12H2. The van der Waals surface area contributed by atoms with Gasteiger partial charge in [0.15, 0.2) is 9.84 Å². The van der Waals surface area contributed by atoms with E-state index in [2.05, 4.69) is 4.98 Å². The maximum atomic E-state index is 14.7. The van der Waals surface area contributed by atoms with Crippen LogP contribution in [0.5, 0.6) is 0 Å². The number of amides is 1. The fraction of sp³-hybridized carbons (Fsp3) is 0.217. The van der Waals surface area contributed by atoms with E-state index in [0.29, 0.717) is 26.3 Å². The molecule has 1 atom stereocenters. The van der Waals surface area contributed by atoms with Gasteiger partial charge in [-0.3, -0.25) is 9.78 Å². The van der Waals surface area contributed by atoms with E-state index in [1.165, 1.54) is 12.1 Å². The Morgan fingerprint density at radius 3 is 2.24 bits per heavy atom. The number of rotatable bonds is 5. The highest BCUT2D eigenvalue weighted by Crippen LogP contribution is 2.36. The normalized spacial score (nSPS) is 15.3. The van der Waals surface area contributed by atoms with E-state index >= 15 is 0 Å². The molecule has 0 saturated carbocycles. The van der Waals surface area contributed by atoms with Gasteiger partial charge in [0.2, 0.25) is 0 Å². The number of benzene rings is 2. The van der Waals surface area contributed by atoms with Crippen LogP contribution in [0, 0.1) is 17.5 Å². The minimum atomic E-state index is -4.34. The molecular formula is C23H19F3N2O4S. The molecule has 172 valence electrons. The zero-order chi connectivity index (χ0) is 23.6. The molecule has 0 radical (unpaired) electrons. The van der Waals surface area contributed by atoms with Crippen LogP contribution in [-0.2, 0) is 14.6 Å². The first-order chi connectivity index (χ1) is 15.8. The van der Waals surface area contributed by atoms with Crippen molar-refractivity contribution in [2.45, 2.75) is 10.1 Å². The van der Waals surface area contributed by atoms with Gasteiger partial charge in [-0.2, -0.15) is 0 Å². The number of halogens is 3. The zero-order valence-corrected chi connectivity index (χ0v) is 18.1. The lowest BCUT2D eigenvalue weighted by molar-refractivity contribution is 0.0299. The van der Waals surface area contributed by atoms with Crippen LogP contribution in [0.4, 0.5) is 13.2 Å². The highest BCUT2D eigenvalue weighted by molar-refractivity contribution is 7.91. The van der Waals surface area contributed by atoms with Crippen LogP contribution >= 0.6 is 0 Å². The van der Waals surface area contributed by atoms with Crippen LogP contribution in [0.3, 0.4) is 0 Å². The van der Waals surface area contributed by atoms with Crippen LogP contribution in [0.2, 0.25) is 0 Å². The summed E-state index contributed by atoms with van der Waals surface area (Å²) in [6, 6.07) is 9.24. The molecule has 1 aliphatic rings. The lowest BCUT2D eigenvalue weighted by Crippen LogP contribution is -2.41. The van der Waals surface area contributed by atoms with Crippen LogP contribution in [0.25, 0.3) is 0 Å². The summed E-state index contributed by atoms with van der Waals surface area (Å²) in [5, 5.41) is -1.67. The van der Waals surface area contributed by atoms with E-state index < -0.39 is 38.1 Å². The minimum absolute atomic E-state index is 0.0300. The van der Waals surface area contributed by atoms with Gasteiger partial charge in [0.05, 0.1) is 18.1 Å².